The normalized spacial score (nSPS) is 9.81. The van der Waals surface area contributed by atoms with Crippen molar-refractivity contribution in [1.82, 2.24) is 0 Å². The highest BCUT2D eigenvalue weighted by Gasteiger charge is 2.08. The molecule has 0 saturated carbocycles. The molecule has 1 N–H and O–H groups in total. The van der Waals surface area contributed by atoms with Crippen molar-refractivity contribution in [3.05, 3.63) is 54.1 Å². The molecule has 0 unspecified atom stereocenters. The third-order valence-electron chi connectivity index (χ3n) is 2.71. The number of hydrogen-bond donors (Lipinski definition) is 1. The first-order chi connectivity index (χ1) is 10.1. The SMILES string of the molecule is COc1ccc(OC(=O)c2ccc(NC(C)=O)cc2)cc1. The highest BCUT2D eigenvalue weighted by Crippen LogP contribution is 2.18. The van der Waals surface area contributed by atoms with E-state index < -0.39 is 5.97 Å². The first-order valence-corrected chi connectivity index (χ1v) is 6.32. The second-order valence-corrected chi connectivity index (χ2v) is 4.32. The van der Waals surface area contributed by atoms with Crippen LogP contribution in [0, 0.1) is 0 Å². The number of ether oxygens (including phenoxy) is 2. The lowest BCUT2D eigenvalue weighted by molar-refractivity contribution is -0.114. The van der Waals surface area contributed by atoms with E-state index in [0.29, 0.717) is 22.7 Å². The van der Waals surface area contributed by atoms with Crippen LogP contribution in [0.15, 0.2) is 48.5 Å². The Kier molecular flexibility index (Phi) is 4.56. The van der Waals surface area contributed by atoms with Gasteiger partial charge in [0.05, 0.1) is 12.7 Å². The van der Waals surface area contributed by atoms with Gasteiger partial charge in [-0.05, 0) is 48.5 Å². The van der Waals surface area contributed by atoms with Gasteiger partial charge in [0.15, 0.2) is 0 Å². The highest BCUT2D eigenvalue weighted by molar-refractivity contribution is 5.93. The first kappa shape index (κ1) is 14.6. The Labute approximate surface area is 122 Å². The summed E-state index contributed by atoms with van der Waals surface area (Å²) in [5.74, 6) is 0.499. The molecule has 0 bridgehead atoms. The van der Waals surface area contributed by atoms with Crippen LogP contribution >= 0.6 is 0 Å². The number of carbonyl (C=O) groups is 2. The predicted molar refractivity (Wildman–Crippen MR) is 78.7 cm³/mol. The summed E-state index contributed by atoms with van der Waals surface area (Å²) in [6.45, 7) is 1.42. The summed E-state index contributed by atoms with van der Waals surface area (Å²) in [7, 11) is 1.57. The van der Waals surface area contributed by atoms with E-state index in [1.807, 2.05) is 0 Å². The van der Waals surface area contributed by atoms with E-state index in [-0.39, 0.29) is 5.91 Å². The maximum atomic E-state index is 12.0. The summed E-state index contributed by atoms with van der Waals surface area (Å²) >= 11 is 0. The van der Waals surface area contributed by atoms with Crippen molar-refractivity contribution in [2.24, 2.45) is 0 Å². The molecule has 0 aliphatic carbocycles. The van der Waals surface area contributed by atoms with Gasteiger partial charge in [0.1, 0.15) is 11.5 Å². The Morgan fingerprint density at radius 1 is 0.905 bits per heavy atom. The van der Waals surface area contributed by atoms with Crippen molar-refractivity contribution >= 4 is 17.6 Å². The lowest BCUT2D eigenvalue weighted by Gasteiger charge is -2.06. The van der Waals surface area contributed by atoms with Gasteiger partial charge in [-0.3, -0.25) is 4.79 Å². The third kappa shape index (κ3) is 4.07. The molecule has 5 nitrogen and oxygen atoms in total. The van der Waals surface area contributed by atoms with Crippen LogP contribution in [0.4, 0.5) is 5.69 Å². The van der Waals surface area contributed by atoms with E-state index in [0.717, 1.165) is 0 Å². The van der Waals surface area contributed by atoms with Crippen LogP contribution < -0.4 is 14.8 Å². The zero-order valence-corrected chi connectivity index (χ0v) is 11.8. The van der Waals surface area contributed by atoms with E-state index >= 15 is 0 Å². The second-order valence-electron chi connectivity index (χ2n) is 4.32. The van der Waals surface area contributed by atoms with Crippen molar-refractivity contribution in [1.29, 1.82) is 0 Å². The predicted octanol–water partition coefficient (Wildman–Crippen LogP) is 2.87. The molecule has 0 atom stereocenters. The van der Waals surface area contributed by atoms with E-state index in [1.165, 1.54) is 6.92 Å². The minimum Gasteiger partial charge on any atom is -0.497 e. The zero-order valence-electron chi connectivity index (χ0n) is 11.8. The standard InChI is InChI=1S/C16H15NO4/c1-11(18)17-13-5-3-12(4-6-13)16(19)21-15-9-7-14(20-2)8-10-15/h3-10H,1-2H3,(H,17,18). The number of benzene rings is 2. The number of rotatable bonds is 4. The highest BCUT2D eigenvalue weighted by atomic mass is 16.5. The topological polar surface area (TPSA) is 64.6 Å². The van der Waals surface area contributed by atoms with Crippen LogP contribution in [0.25, 0.3) is 0 Å². The van der Waals surface area contributed by atoms with Gasteiger partial charge in [-0.1, -0.05) is 0 Å². The van der Waals surface area contributed by atoms with Crippen molar-refractivity contribution < 1.29 is 19.1 Å². The fraction of sp³-hybridized carbons (Fsp3) is 0.125. The minimum atomic E-state index is -0.463. The summed E-state index contributed by atoms with van der Waals surface area (Å²) in [5.41, 5.74) is 1.03. The smallest absolute Gasteiger partial charge is 0.343 e. The lowest BCUT2D eigenvalue weighted by atomic mass is 10.2. The molecule has 0 aliphatic rings. The van der Waals surface area contributed by atoms with E-state index in [9.17, 15) is 9.59 Å². The first-order valence-electron chi connectivity index (χ1n) is 6.32. The molecule has 2 aromatic rings. The summed E-state index contributed by atoms with van der Waals surface area (Å²) in [5, 5.41) is 2.63. The molecule has 108 valence electrons. The van der Waals surface area contributed by atoms with Gasteiger partial charge in [-0.2, -0.15) is 0 Å². The van der Waals surface area contributed by atoms with Gasteiger partial charge in [0.25, 0.3) is 0 Å². The third-order valence-corrected chi connectivity index (χ3v) is 2.71. The van der Waals surface area contributed by atoms with Crippen molar-refractivity contribution in [2.45, 2.75) is 6.92 Å². The van der Waals surface area contributed by atoms with Gasteiger partial charge in [-0.25, -0.2) is 4.79 Å². The second kappa shape index (κ2) is 6.56. The molecule has 2 rings (SSSR count). The number of nitrogens with one attached hydrogen (secondary N) is 1. The Morgan fingerprint density at radius 2 is 1.48 bits per heavy atom. The molecule has 0 heterocycles. The molecule has 0 spiro atoms. The Hall–Kier alpha value is -2.82. The summed E-state index contributed by atoms with van der Waals surface area (Å²) in [4.78, 5) is 22.9. The van der Waals surface area contributed by atoms with Crippen LogP contribution in [0.2, 0.25) is 0 Å². The number of hydrogen-bond acceptors (Lipinski definition) is 4. The average Bonchev–Trinajstić information content (AvgIpc) is 2.48. The fourth-order valence-corrected chi connectivity index (χ4v) is 1.70. The number of esters is 1. The van der Waals surface area contributed by atoms with Crippen LogP contribution in [-0.2, 0) is 4.79 Å². The van der Waals surface area contributed by atoms with Crippen LogP contribution in [0.5, 0.6) is 11.5 Å². The number of methoxy groups -OCH3 is 1. The number of anilines is 1. The van der Waals surface area contributed by atoms with Crippen LogP contribution in [0.3, 0.4) is 0 Å². The number of carbonyl (C=O) groups excluding carboxylic acids is 2. The van der Waals surface area contributed by atoms with Gasteiger partial charge in [0.2, 0.25) is 5.91 Å². The van der Waals surface area contributed by atoms with Crippen LogP contribution in [-0.4, -0.2) is 19.0 Å². The van der Waals surface area contributed by atoms with Gasteiger partial charge >= 0.3 is 5.97 Å². The quantitative estimate of drug-likeness (QED) is 0.693. The van der Waals surface area contributed by atoms with Crippen molar-refractivity contribution in [2.75, 3.05) is 12.4 Å². The summed E-state index contributed by atoms with van der Waals surface area (Å²) in [6.07, 6.45) is 0. The van der Waals surface area contributed by atoms with Crippen molar-refractivity contribution in [3.8, 4) is 11.5 Å². The monoisotopic (exact) mass is 285 g/mol. The molecule has 21 heavy (non-hydrogen) atoms. The summed E-state index contributed by atoms with van der Waals surface area (Å²) < 4.78 is 10.3. The molecule has 0 saturated heterocycles. The molecule has 0 radical (unpaired) electrons. The zero-order chi connectivity index (χ0) is 15.2. The molecule has 0 aromatic heterocycles. The van der Waals surface area contributed by atoms with Gasteiger partial charge in [0, 0.05) is 12.6 Å². The molecule has 0 fully saturated rings. The maximum Gasteiger partial charge on any atom is 0.343 e. The van der Waals surface area contributed by atoms with E-state index in [4.69, 9.17) is 9.47 Å². The van der Waals surface area contributed by atoms with E-state index in [1.54, 1.807) is 55.6 Å². The van der Waals surface area contributed by atoms with Crippen LogP contribution in [0.1, 0.15) is 17.3 Å². The van der Waals surface area contributed by atoms with Crippen molar-refractivity contribution in [3.63, 3.8) is 0 Å². The minimum absolute atomic E-state index is 0.163. The molecule has 1 amide bonds. The summed E-state index contributed by atoms with van der Waals surface area (Å²) in [6, 6.07) is 13.2. The Balaban J connectivity index is 2.03. The van der Waals surface area contributed by atoms with Gasteiger partial charge in [-0.15, -0.1) is 0 Å². The van der Waals surface area contributed by atoms with E-state index in [2.05, 4.69) is 5.32 Å². The largest absolute Gasteiger partial charge is 0.497 e. The number of amides is 1. The Morgan fingerprint density at radius 3 is 2.00 bits per heavy atom. The average molecular weight is 285 g/mol. The lowest BCUT2D eigenvalue weighted by Crippen LogP contribution is -2.09. The molecule has 2 aromatic carbocycles. The molecule has 0 aliphatic heterocycles. The maximum absolute atomic E-state index is 12.0. The molecule has 5 heteroatoms. The molecular weight excluding hydrogens is 270 g/mol. The van der Waals surface area contributed by atoms with Gasteiger partial charge < -0.3 is 14.8 Å². The molecular formula is C16H15NO4. The fourth-order valence-electron chi connectivity index (χ4n) is 1.70. The Bertz CT molecular complexity index is 632.